The molecule has 0 unspecified atom stereocenters. The fourth-order valence-electron chi connectivity index (χ4n) is 5.26. The van der Waals surface area contributed by atoms with Gasteiger partial charge in [0.05, 0.1) is 17.8 Å². The van der Waals surface area contributed by atoms with Gasteiger partial charge in [-0.25, -0.2) is 14.4 Å². The molecule has 1 spiro atoms. The summed E-state index contributed by atoms with van der Waals surface area (Å²) in [5.41, 5.74) is 1.66. The number of piperidine rings is 2. The number of halogens is 1. The molecule has 31 heavy (non-hydrogen) atoms. The van der Waals surface area contributed by atoms with Gasteiger partial charge >= 0.3 is 0 Å². The number of amides is 1. The average Bonchev–Trinajstić information content (AvgIpc) is 2.78. The Balaban J connectivity index is 1.19. The predicted molar refractivity (Wildman–Crippen MR) is 115 cm³/mol. The van der Waals surface area contributed by atoms with Gasteiger partial charge in [-0.1, -0.05) is 6.42 Å². The van der Waals surface area contributed by atoms with Gasteiger partial charge in [0.1, 0.15) is 11.6 Å². The molecule has 1 aromatic heterocycles. The topological polar surface area (TPSA) is 78.4 Å². The molecule has 1 aliphatic carbocycles. The number of aliphatic hydroxyl groups is 1. The van der Waals surface area contributed by atoms with Crippen molar-refractivity contribution in [2.75, 3.05) is 19.6 Å². The highest BCUT2D eigenvalue weighted by Crippen LogP contribution is 2.46. The molecule has 5 rings (SSSR count). The monoisotopic (exact) mass is 424 g/mol. The van der Waals surface area contributed by atoms with Gasteiger partial charge in [-0.2, -0.15) is 0 Å². The summed E-state index contributed by atoms with van der Waals surface area (Å²) in [7, 11) is 0. The van der Waals surface area contributed by atoms with Crippen LogP contribution >= 0.6 is 0 Å². The van der Waals surface area contributed by atoms with Crippen LogP contribution in [0, 0.1) is 11.2 Å². The summed E-state index contributed by atoms with van der Waals surface area (Å²) in [5, 5.41) is 14.0. The number of benzene rings is 1. The highest BCUT2D eigenvalue weighted by atomic mass is 19.1. The lowest BCUT2D eigenvalue weighted by Crippen LogP contribution is -2.61. The van der Waals surface area contributed by atoms with Crippen molar-refractivity contribution < 1.29 is 14.3 Å². The molecule has 2 saturated heterocycles. The summed E-state index contributed by atoms with van der Waals surface area (Å²) in [6.07, 6.45) is 6.82. The molecule has 2 N–H and O–H groups in total. The van der Waals surface area contributed by atoms with Gasteiger partial charge in [-0.15, -0.1) is 0 Å². The Morgan fingerprint density at radius 1 is 1.16 bits per heavy atom. The van der Waals surface area contributed by atoms with E-state index in [0.29, 0.717) is 19.5 Å². The molecular formula is C24H29FN4O2. The fraction of sp³-hybridized carbons (Fsp3) is 0.542. The minimum atomic E-state index is -0.378. The third kappa shape index (κ3) is 3.96. The van der Waals surface area contributed by atoms with Crippen molar-refractivity contribution in [3.05, 3.63) is 48.2 Å². The van der Waals surface area contributed by atoms with Gasteiger partial charge in [0.25, 0.3) is 0 Å². The summed E-state index contributed by atoms with van der Waals surface area (Å²) in [6, 6.07) is 7.87. The van der Waals surface area contributed by atoms with Crippen molar-refractivity contribution in [3.8, 4) is 11.3 Å². The van der Waals surface area contributed by atoms with Gasteiger partial charge < -0.3 is 15.3 Å². The first-order valence-corrected chi connectivity index (χ1v) is 11.3. The molecule has 1 amide bonds. The maximum absolute atomic E-state index is 13.2. The first-order chi connectivity index (χ1) is 15.0. The number of carbonyl (C=O) groups excluding carboxylic acids is 1. The number of carbonyl (C=O) groups is 1. The Bertz CT molecular complexity index is 939. The van der Waals surface area contributed by atoms with Crippen molar-refractivity contribution in [1.29, 1.82) is 0 Å². The molecule has 6 nitrogen and oxygen atoms in total. The predicted octanol–water partition coefficient (Wildman–Crippen LogP) is 2.88. The molecule has 0 bridgehead atoms. The molecule has 3 fully saturated rings. The molecule has 2 aliphatic heterocycles. The van der Waals surface area contributed by atoms with Gasteiger partial charge in [0, 0.05) is 42.7 Å². The van der Waals surface area contributed by atoms with Crippen LogP contribution in [0.25, 0.3) is 11.3 Å². The van der Waals surface area contributed by atoms with E-state index in [0.717, 1.165) is 49.3 Å². The van der Waals surface area contributed by atoms with Crippen LogP contribution in [0.5, 0.6) is 0 Å². The molecule has 3 aliphatic rings. The van der Waals surface area contributed by atoms with Gasteiger partial charge in [-0.3, -0.25) is 4.79 Å². The van der Waals surface area contributed by atoms with Crippen LogP contribution < -0.4 is 5.32 Å². The first kappa shape index (κ1) is 20.5. The Labute approximate surface area is 181 Å². The average molecular weight is 425 g/mol. The lowest BCUT2D eigenvalue weighted by Gasteiger charge is -2.50. The number of aliphatic hydroxyl groups excluding tert-OH is 1. The number of hydrogen-bond donors (Lipinski definition) is 2. The van der Waals surface area contributed by atoms with Crippen LogP contribution in [0.4, 0.5) is 4.39 Å². The Hall–Kier alpha value is -2.38. The molecule has 3 heterocycles. The first-order valence-electron chi connectivity index (χ1n) is 11.3. The van der Waals surface area contributed by atoms with E-state index in [1.807, 2.05) is 11.0 Å². The van der Waals surface area contributed by atoms with Crippen molar-refractivity contribution >= 4 is 5.91 Å². The molecule has 7 heteroatoms. The summed E-state index contributed by atoms with van der Waals surface area (Å²) in [5.74, 6) is 0.824. The Kier molecular flexibility index (Phi) is 5.48. The van der Waals surface area contributed by atoms with E-state index >= 15 is 0 Å². The van der Waals surface area contributed by atoms with Crippen molar-refractivity contribution in [2.45, 2.75) is 56.6 Å². The van der Waals surface area contributed by atoms with E-state index in [1.54, 1.807) is 18.3 Å². The zero-order valence-electron chi connectivity index (χ0n) is 17.6. The number of hydrogen-bond acceptors (Lipinski definition) is 5. The number of rotatable bonds is 3. The standard InChI is InChI=1S/C24H29FN4O2/c25-18-4-2-16(3-5-18)19-6-11-26-22(28-19)17-7-12-29(13-8-17)23(31)20-14-21(30)24(15-27-20)9-1-10-24/h2-6,11,17,20-21,27,30H,1,7-10,12-15H2/t20-,21+/m0/s1. The lowest BCUT2D eigenvalue weighted by atomic mass is 9.62. The minimum absolute atomic E-state index is 0.0106. The molecule has 164 valence electrons. The van der Waals surface area contributed by atoms with E-state index in [2.05, 4.69) is 10.3 Å². The second-order valence-corrected chi connectivity index (χ2v) is 9.31. The number of likely N-dealkylation sites (tertiary alicyclic amines) is 1. The van der Waals surface area contributed by atoms with E-state index in [4.69, 9.17) is 4.98 Å². The third-order valence-electron chi connectivity index (χ3n) is 7.50. The maximum atomic E-state index is 13.2. The molecule has 1 saturated carbocycles. The fourth-order valence-corrected chi connectivity index (χ4v) is 5.26. The van der Waals surface area contributed by atoms with Crippen LogP contribution in [0.1, 0.15) is 50.3 Å². The SMILES string of the molecule is O=C([C@@H]1C[C@@H](O)C2(CCC2)CN1)N1CCC(c2nccc(-c3ccc(F)cc3)n2)CC1. The molecule has 0 radical (unpaired) electrons. The van der Waals surface area contributed by atoms with Crippen LogP contribution in [0.2, 0.25) is 0 Å². The number of aromatic nitrogens is 2. The van der Waals surface area contributed by atoms with Crippen LogP contribution in [0.3, 0.4) is 0 Å². The number of nitrogens with one attached hydrogen (secondary N) is 1. The van der Waals surface area contributed by atoms with E-state index < -0.39 is 0 Å². The van der Waals surface area contributed by atoms with Crippen molar-refractivity contribution in [3.63, 3.8) is 0 Å². The summed E-state index contributed by atoms with van der Waals surface area (Å²) in [6.45, 7) is 2.09. The Morgan fingerprint density at radius 2 is 1.90 bits per heavy atom. The summed E-state index contributed by atoms with van der Waals surface area (Å²) >= 11 is 0. The zero-order valence-corrected chi connectivity index (χ0v) is 17.6. The quantitative estimate of drug-likeness (QED) is 0.792. The summed E-state index contributed by atoms with van der Waals surface area (Å²) < 4.78 is 13.2. The van der Waals surface area contributed by atoms with Crippen LogP contribution in [0.15, 0.2) is 36.5 Å². The molecule has 1 aromatic carbocycles. The second kappa shape index (κ2) is 8.28. The number of nitrogens with zero attached hydrogens (tertiary/aromatic N) is 3. The van der Waals surface area contributed by atoms with Gasteiger partial charge in [0.2, 0.25) is 5.91 Å². The van der Waals surface area contributed by atoms with Crippen LogP contribution in [-0.4, -0.2) is 57.7 Å². The van der Waals surface area contributed by atoms with E-state index in [1.165, 1.54) is 18.6 Å². The van der Waals surface area contributed by atoms with Crippen molar-refractivity contribution in [2.24, 2.45) is 5.41 Å². The Morgan fingerprint density at radius 3 is 2.55 bits per heavy atom. The lowest BCUT2D eigenvalue weighted by molar-refractivity contribution is -0.140. The normalized spacial score (nSPS) is 25.9. The van der Waals surface area contributed by atoms with Gasteiger partial charge in [0.15, 0.2) is 0 Å². The molecule has 2 aromatic rings. The van der Waals surface area contributed by atoms with Crippen molar-refractivity contribution in [1.82, 2.24) is 20.2 Å². The highest BCUT2D eigenvalue weighted by molar-refractivity contribution is 5.82. The van der Waals surface area contributed by atoms with E-state index in [-0.39, 0.29) is 35.2 Å². The van der Waals surface area contributed by atoms with Crippen LogP contribution in [-0.2, 0) is 4.79 Å². The maximum Gasteiger partial charge on any atom is 0.239 e. The smallest absolute Gasteiger partial charge is 0.239 e. The third-order valence-corrected chi connectivity index (χ3v) is 7.50. The van der Waals surface area contributed by atoms with Gasteiger partial charge in [-0.05, 0) is 62.4 Å². The molecule has 2 atom stereocenters. The minimum Gasteiger partial charge on any atom is -0.392 e. The second-order valence-electron chi connectivity index (χ2n) is 9.31. The van der Waals surface area contributed by atoms with E-state index in [9.17, 15) is 14.3 Å². The summed E-state index contributed by atoms with van der Waals surface area (Å²) in [4.78, 5) is 24.1. The largest absolute Gasteiger partial charge is 0.392 e. The molecular weight excluding hydrogens is 395 g/mol. The highest BCUT2D eigenvalue weighted by Gasteiger charge is 2.48. The zero-order chi connectivity index (χ0) is 21.4.